The highest BCUT2D eigenvalue weighted by Gasteiger charge is 2.19. The Balaban J connectivity index is 2.56. The highest BCUT2D eigenvalue weighted by Crippen LogP contribution is 2.28. The summed E-state index contributed by atoms with van der Waals surface area (Å²) in [5.41, 5.74) is 2.87. The van der Waals surface area contributed by atoms with Gasteiger partial charge in [0.2, 0.25) is 0 Å². The number of nitriles is 1. The van der Waals surface area contributed by atoms with Crippen molar-refractivity contribution >= 4 is 11.8 Å². The van der Waals surface area contributed by atoms with Gasteiger partial charge in [-0.2, -0.15) is 5.26 Å². The van der Waals surface area contributed by atoms with Gasteiger partial charge < -0.3 is 5.11 Å². The minimum absolute atomic E-state index is 0.758. The van der Waals surface area contributed by atoms with Gasteiger partial charge in [-0.3, -0.25) is 0 Å². The number of hydrogen-bond acceptors (Lipinski definition) is 3. The summed E-state index contributed by atoms with van der Waals surface area (Å²) >= 11 is 0. The van der Waals surface area contributed by atoms with Gasteiger partial charge in [0.05, 0.1) is 5.69 Å². The molecule has 2 rings (SSSR count). The Bertz CT molecular complexity index is 431. The molecule has 1 heterocycles. The van der Waals surface area contributed by atoms with Gasteiger partial charge >= 0.3 is 0 Å². The molecule has 1 unspecified atom stereocenters. The molecule has 1 aliphatic rings. The van der Waals surface area contributed by atoms with Crippen molar-refractivity contribution in [3.8, 4) is 6.19 Å². The van der Waals surface area contributed by atoms with Gasteiger partial charge in [-0.25, -0.2) is 4.90 Å². The van der Waals surface area contributed by atoms with E-state index in [9.17, 15) is 5.11 Å². The second-order valence-corrected chi connectivity index (χ2v) is 3.31. The standard InChI is InChI=1S/C11H10N2O/c1-8-2-4-10-9(6-8)3-5-11(14)13(10)7-12/h2-6,11,14H,1H3. The second kappa shape index (κ2) is 3.17. The summed E-state index contributed by atoms with van der Waals surface area (Å²) in [4.78, 5) is 1.29. The van der Waals surface area contributed by atoms with Gasteiger partial charge in [0, 0.05) is 0 Å². The fourth-order valence-corrected chi connectivity index (χ4v) is 1.56. The molecule has 3 heteroatoms. The summed E-state index contributed by atoms with van der Waals surface area (Å²) in [5, 5.41) is 18.4. The van der Waals surface area contributed by atoms with Crippen molar-refractivity contribution in [3.05, 3.63) is 35.4 Å². The third kappa shape index (κ3) is 1.26. The van der Waals surface area contributed by atoms with Crippen LogP contribution in [-0.2, 0) is 0 Å². The second-order valence-electron chi connectivity index (χ2n) is 3.31. The van der Waals surface area contributed by atoms with Crippen LogP contribution in [0.4, 0.5) is 5.69 Å². The molecule has 1 atom stereocenters. The molecule has 0 radical (unpaired) electrons. The monoisotopic (exact) mass is 186 g/mol. The van der Waals surface area contributed by atoms with Crippen molar-refractivity contribution in [2.45, 2.75) is 13.2 Å². The number of hydrogen-bond donors (Lipinski definition) is 1. The van der Waals surface area contributed by atoms with Gasteiger partial charge in [-0.15, -0.1) is 0 Å². The quantitative estimate of drug-likeness (QED) is 0.626. The van der Waals surface area contributed by atoms with E-state index in [2.05, 4.69) is 0 Å². The highest BCUT2D eigenvalue weighted by molar-refractivity contribution is 5.74. The summed E-state index contributed by atoms with van der Waals surface area (Å²) in [6, 6.07) is 5.76. The normalized spacial score (nSPS) is 18.9. The summed E-state index contributed by atoms with van der Waals surface area (Å²) in [7, 11) is 0. The van der Waals surface area contributed by atoms with Crippen LogP contribution in [0.15, 0.2) is 24.3 Å². The Labute approximate surface area is 82.5 Å². The number of aliphatic hydroxyl groups is 1. The number of fused-ring (bicyclic) bond motifs is 1. The molecule has 0 aliphatic carbocycles. The largest absolute Gasteiger partial charge is 0.369 e. The van der Waals surface area contributed by atoms with E-state index in [1.54, 1.807) is 6.08 Å². The molecule has 14 heavy (non-hydrogen) atoms. The molecule has 0 aromatic heterocycles. The molecule has 0 saturated heterocycles. The van der Waals surface area contributed by atoms with Crippen LogP contribution in [0, 0.1) is 18.4 Å². The predicted octanol–water partition coefficient (Wildman–Crippen LogP) is 1.63. The van der Waals surface area contributed by atoms with Crippen LogP contribution in [0.5, 0.6) is 0 Å². The molecule has 1 aromatic rings. The van der Waals surface area contributed by atoms with Crippen molar-refractivity contribution in [1.82, 2.24) is 0 Å². The summed E-state index contributed by atoms with van der Waals surface area (Å²) < 4.78 is 0. The summed E-state index contributed by atoms with van der Waals surface area (Å²) in [6.07, 6.45) is 4.56. The summed E-state index contributed by atoms with van der Waals surface area (Å²) in [5.74, 6) is 0. The Morgan fingerprint density at radius 3 is 3.00 bits per heavy atom. The molecule has 0 fully saturated rings. The molecular weight excluding hydrogens is 176 g/mol. The molecule has 70 valence electrons. The Kier molecular flexibility index (Phi) is 1.99. The van der Waals surface area contributed by atoms with Crippen LogP contribution < -0.4 is 4.90 Å². The first-order valence-electron chi connectivity index (χ1n) is 4.38. The fourth-order valence-electron chi connectivity index (χ4n) is 1.56. The molecule has 0 spiro atoms. The Hall–Kier alpha value is -1.79. The lowest BCUT2D eigenvalue weighted by Gasteiger charge is -2.25. The van der Waals surface area contributed by atoms with E-state index in [0.717, 1.165) is 16.8 Å². The number of aliphatic hydroxyl groups excluding tert-OH is 1. The van der Waals surface area contributed by atoms with E-state index in [1.807, 2.05) is 37.4 Å². The predicted molar refractivity (Wildman–Crippen MR) is 54.3 cm³/mol. The molecule has 0 amide bonds. The average molecular weight is 186 g/mol. The summed E-state index contributed by atoms with van der Waals surface area (Å²) in [6.45, 7) is 2.00. The minimum atomic E-state index is -0.838. The van der Waals surface area contributed by atoms with Crippen molar-refractivity contribution in [2.24, 2.45) is 0 Å². The maximum atomic E-state index is 9.50. The van der Waals surface area contributed by atoms with Crippen LogP contribution in [0.3, 0.4) is 0 Å². The van der Waals surface area contributed by atoms with E-state index >= 15 is 0 Å². The first-order chi connectivity index (χ1) is 6.72. The smallest absolute Gasteiger partial charge is 0.186 e. The van der Waals surface area contributed by atoms with Crippen LogP contribution in [0.1, 0.15) is 11.1 Å². The van der Waals surface area contributed by atoms with Crippen molar-refractivity contribution in [2.75, 3.05) is 4.90 Å². The zero-order valence-corrected chi connectivity index (χ0v) is 7.81. The average Bonchev–Trinajstić information content (AvgIpc) is 2.18. The van der Waals surface area contributed by atoms with Crippen LogP contribution in [-0.4, -0.2) is 11.3 Å². The number of benzene rings is 1. The maximum Gasteiger partial charge on any atom is 0.186 e. The van der Waals surface area contributed by atoms with E-state index < -0.39 is 6.23 Å². The number of rotatable bonds is 0. The SMILES string of the molecule is Cc1ccc2c(c1)C=CC(O)N2C#N. The van der Waals surface area contributed by atoms with Crippen molar-refractivity contribution in [1.29, 1.82) is 5.26 Å². The highest BCUT2D eigenvalue weighted by atomic mass is 16.3. The van der Waals surface area contributed by atoms with Crippen molar-refractivity contribution in [3.63, 3.8) is 0 Å². The topological polar surface area (TPSA) is 47.3 Å². The first-order valence-corrected chi connectivity index (χ1v) is 4.38. The van der Waals surface area contributed by atoms with E-state index in [4.69, 9.17) is 5.26 Å². The molecule has 3 nitrogen and oxygen atoms in total. The fraction of sp³-hybridized carbons (Fsp3) is 0.182. The third-order valence-electron chi connectivity index (χ3n) is 2.26. The van der Waals surface area contributed by atoms with Crippen LogP contribution in [0.2, 0.25) is 0 Å². The van der Waals surface area contributed by atoms with Crippen LogP contribution >= 0.6 is 0 Å². The van der Waals surface area contributed by atoms with Gasteiger partial charge in [-0.05, 0) is 30.7 Å². The Morgan fingerprint density at radius 1 is 1.50 bits per heavy atom. The lowest BCUT2D eigenvalue weighted by atomic mass is 10.0. The maximum absolute atomic E-state index is 9.50. The zero-order valence-electron chi connectivity index (χ0n) is 7.81. The van der Waals surface area contributed by atoms with Gasteiger partial charge in [0.15, 0.2) is 12.4 Å². The molecule has 1 N–H and O–H groups in total. The van der Waals surface area contributed by atoms with E-state index in [1.165, 1.54) is 4.90 Å². The molecule has 0 bridgehead atoms. The number of aryl methyl sites for hydroxylation is 1. The molecule has 1 aromatic carbocycles. The molecule has 0 saturated carbocycles. The number of anilines is 1. The van der Waals surface area contributed by atoms with Crippen molar-refractivity contribution < 1.29 is 5.11 Å². The van der Waals surface area contributed by atoms with Gasteiger partial charge in [0.25, 0.3) is 0 Å². The van der Waals surface area contributed by atoms with E-state index in [-0.39, 0.29) is 0 Å². The third-order valence-corrected chi connectivity index (χ3v) is 2.26. The van der Waals surface area contributed by atoms with E-state index in [0.29, 0.717) is 0 Å². The number of nitrogens with zero attached hydrogens (tertiary/aromatic N) is 2. The van der Waals surface area contributed by atoms with Crippen LogP contribution in [0.25, 0.3) is 6.08 Å². The Morgan fingerprint density at radius 2 is 2.29 bits per heavy atom. The van der Waals surface area contributed by atoms with Gasteiger partial charge in [0.1, 0.15) is 0 Å². The zero-order chi connectivity index (χ0) is 10.1. The first kappa shape index (κ1) is 8.79. The lowest BCUT2D eigenvalue weighted by molar-refractivity contribution is 0.229. The van der Waals surface area contributed by atoms with Gasteiger partial charge in [-0.1, -0.05) is 17.7 Å². The minimum Gasteiger partial charge on any atom is -0.369 e. The lowest BCUT2D eigenvalue weighted by Crippen LogP contribution is -2.31. The molecule has 1 aliphatic heterocycles. The molecular formula is C11H10N2O.